The molecule has 0 heterocycles. The van der Waals surface area contributed by atoms with E-state index in [0.29, 0.717) is 6.54 Å². The molecule has 106 valence electrons. The highest BCUT2D eigenvalue weighted by Crippen LogP contribution is 2.23. The molecule has 1 aromatic rings. The highest BCUT2D eigenvalue weighted by Gasteiger charge is 2.26. The van der Waals surface area contributed by atoms with Crippen LogP contribution in [0.3, 0.4) is 0 Å². The summed E-state index contributed by atoms with van der Waals surface area (Å²) in [7, 11) is 3.60. The molecule has 0 unspecified atom stereocenters. The van der Waals surface area contributed by atoms with Gasteiger partial charge in [-0.05, 0) is 45.0 Å². The van der Waals surface area contributed by atoms with Crippen LogP contribution in [-0.2, 0) is 11.3 Å². The Labute approximate surface area is 115 Å². The molecule has 0 atom stereocenters. The highest BCUT2D eigenvalue weighted by molar-refractivity contribution is 5.68. The van der Waals surface area contributed by atoms with E-state index in [4.69, 9.17) is 9.84 Å². The minimum atomic E-state index is -0.775. The molecule has 0 spiro atoms. The molecule has 0 fully saturated rings. The summed E-state index contributed by atoms with van der Waals surface area (Å²) in [6, 6.07) is 6.04. The van der Waals surface area contributed by atoms with Crippen LogP contribution >= 0.6 is 0 Å². The van der Waals surface area contributed by atoms with Gasteiger partial charge < -0.3 is 9.84 Å². The van der Waals surface area contributed by atoms with Crippen LogP contribution in [0.2, 0.25) is 0 Å². The van der Waals surface area contributed by atoms with Gasteiger partial charge in [-0.1, -0.05) is 12.1 Å². The monoisotopic (exact) mass is 265 g/mol. The lowest BCUT2D eigenvalue weighted by atomic mass is 9.98. The van der Waals surface area contributed by atoms with Gasteiger partial charge in [0.05, 0.1) is 13.5 Å². The van der Waals surface area contributed by atoms with Crippen molar-refractivity contribution in [3.05, 3.63) is 29.3 Å². The Bertz CT molecular complexity index is 455. The Hall–Kier alpha value is -1.55. The van der Waals surface area contributed by atoms with E-state index in [9.17, 15) is 4.79 Å². The Morgan fingerprint density at radius 1 is 1.42 bits per heavy atom. The first-order chi connectivity index (χ1) is 8.76. The molecule has 1 N–H and O–H groups in total. The second kappa shape index (κ2) is 6.06. The number of carbonyl (C=O) groups is 1. The number of methoxy groups -OCH3 is 1. The number of benzene rings is 1. The quantitative estimate of drug-likeness (QED) is 0.859. The topological polar surface area (TPSA) is 49.8 Å². The number of nitrogens with zero attached hydrogens (tertiary/aromatic N) is 1. The summed E-state index contributed by atoms with van der Waals surface area (Å²) in [5.41, 5.74) is 1.86. The maximum atomic E-state index is 10.9. The van der Waals surface area contributed by atoms with Gasteiger partial charge in [-0.25, -0.2) is 0 Å². The summed E-state index contributed by atoms with van der Waals surface area (Å²) in [4.78, 5) is 12.9. The van der Waals surface area contributed by atoms with Crippen molar-refractivity contribution in [2.24, 2.45) is 0 Å². The second-order valence-corrected chi connectivity index (χ2v) is 5.54. The van der Waals surface area contributed by atoms with Crippen LogP contribution in [0.25, 0.3) is 0 Å². The van der Waals surface area contributed by atoms with Crippen molar-refractivity contribution < 1.29 is 14.6 Å². The largest absolute Gasteiger partial charge is 0.496 e. The van der Waals surface area contributed by atoms with Crippen LogP contribution in [0, 0.1) is 6.92 Å². The summed E-state index contributed by atoms with van der Waals surface area (Å²) in [5, 5.41) is 8.93. The molecule has 0 aromatic heterocycles. The standard InChI is InChI=1S/C15H23NO3/c1-11-8-12(6-7-13(11)19-5)10-16(4)15(2,3)9-14(17)18/h6-8H,9-10H2,1-5H3,(H,17,18). The van der Waals surface area contributed by atoms with Crippen molar-refractivity contribution in [2.75, 3.05) is 14.2 Å². The number of rotatable bonds is 6. The van der Waals surface area contributed by atoms with Crippen LogP contribution in [0.1, 0.15) is 31.4 Å². The zero-order valence-electron chi connectivity index (χ0n) is 12.4. The number of carboxylic acid groups (broad SMARTS) is 1. The molecule has 1 aromatic carbocycles. The lowest BCUT2D eigenvalue weighted by Gasteiger charge is -2.34. The summed E-state index contributed by atoms with van der Waals surface area (Å²) in [5.74, 6) is 0.0963. The fourth-order valence-electron chi connectivity index (χ4n) is 2.03. The van der Waals surface area contributed by atoms with E-state index in [1.165, 1.54) is 0 Å². The van der Waals surface area contributed by atoms with Crippen LogP contribution in [0.5, 0.6) is 5.75 Å². The number of aryl methyl sites for hydroxylation is 1. The predicted molar refractivity (Wildman–Crippen MR) is 75.5 cm³/mol. The van der Waals surface area contributed by atoms with E-state index in [1.807, 2.05) is 40.0 Å². The molecule has 19 heavy (non-hydrogen) atoms. The van der Waals surface area contributed by atoms with Gasteiger partial charge in [0, 0.05) is 12.1 Å². The summed E-state index contributed by atoms with van der Waals surface area (Å²) < 4.78 is 5.23. The van der Waals surface area contributed by atoms with E-state index in [1.54, 1.807) is 7.11 Å². The van der Waals surface area contributed by atoms with Crippen molar-refractivity contribution in [3.8, 4) is 5.75 Å². The fraction of sp³-hybridized carbons (Fsp3) is 0.533. The molecule has 4 nitrogen and oxygen atoms in total. The van der Waals surface area contributed by atoms with Gasteiger partial charge in [0.15, 0.2) is 0 Å². The van der Waals surface area contributed by atoms with Gasteiger partial charge in [0.2, 0.25) is 0 Å². The summed E-state index contributed by atoms with van der Waals surface area (Å²) >= 11 is 0. The third-order valence-electron chi connectivity index (χ3n) is 3.50. The Balaban J connectivity index is 2.79. The van der Waals surface area contributed by atoms with Crippen molar-refractivity contribution in [2.45, 2.75) is 39.3 Å². The second-order valence-electron chi connectivity index (χ2n) is 5.54. The van der Waals surface area contributed by atoms with Gasteiger partial charge in [-0.15, -0.1) is 0 Å². The van der Waals surface area contributed by atoms with Gasteiger partial charge in [-0.3, -0.25) is 9.69 Å². The van der Waals surface area contributed by atoms with E-state index in [0.717, 1.165) is 16.9 Å². The number of aliphatic carboxylic acids is 1. The molecule has 0 aliphatic heterocycles. The zero-order valence-corrected chi connectivity index (χ0v) is 12.4. The molecule has 0 saturated heterocycles. The highest BCUT2D eigenvalue weighted by atomic mass is 16.5. The fourth-order valence-corrected chi connectivity index (χ4v) is 2.03. The number of ether oxygens (including phenoxy) is 1. The van der Waals surface area contributed by atoms with Crippen LogP contribution < -0.4 is 4.74 Å². The molecule has 0 radical (unpaired) electrons. The maximum Gasteiger partial charge on any atom is 0.305 e. The van der Waals surface area contributed by atoms with Crippen molar-refractivity contribution >= 4 is 5.97 Å². The molecule has 0 amide bonds. The lowest BCUT2D eigenvalue weighted by molar-refractivity contribution is -0.139. The molecule has 4 heteroatoms. The Morgan fingerprint density at radius 3 is 2.53 bits per heavy atom. The van der Waals surface area contributed by atoms with Crippen LogP contribution in [0.15, 0.2) is 18.2 Å². The van der Waals surface area contributed by atoms with Gasteiger partial charge in [0.1, 0.15) is 5.75 Å². The van der Waals surface area contributed by atoms with E-state index < -0.39 is 5.97 Å². The summed E-state index contributed by atoms with van der Waals surface area (Å²) in [6.07, 6.45) is 0.124. The third kappa shape index (κ3) is 4.24. The van der Waals surface area contributed by atoms with Crippen LogP contribution in [0.4, 0.5) is 0 Å². The van der Waals surface area contributed by atoms with Gasteiger partial charge >= 0.3 is 5.97 Å². The summed E-state index contributed by atoms with van der Waals surface area (Å²) in [6.45, 7) is 6.60. The number of carboxylic acids is 1. The van der Waals surface area contributed by atoms with E-state index in [2.05, 4.69) is 11.0 Å². The number of hydrogen-bond donors (Lipinski definition) is 1. The Kier molecular flexibility index (Phi) is 4.95. The molecule has 0 aliphatic rings. The molecule has 0 bridgehead atoms. The molecular formula is C15H23NO3. The van der Waals surface area contributed by atoms with Crippen molar-refractivity contribution in [1.82, 2.24) is 4.90 Å². The first-order valence-corrected chi connectivity index (χ1v) is 6.33. The van der Waals surface area contributed by atoms with E-state index in [-0.39, 0.29) is 12.0 Å². The van der Waals surface area contributed by atoms with Crippen molar-refractivity contribution in [1.29, 1.82) is 0 Å². The first-order valence-electron chi connectivity index (χ1n) is 6.33. The average molecular weight is 265 g/mol. The zero-order chi connectivity index (χ0) is 14.6. The molecule has 1 rings (SSSR count). The number of hydrogen-bond acceptors (Lipinski definition) is 3. The SMILES string of the molecule is COc1ccc(CN(C)C(C)(C)CC(=O)O)cc1C. The van der Waals surface area contributed by atoms with Gasteiger partial charge in [0.25, 0.3) is 0 Å². The smallest absolute Gasteiger partial charge is 0.305 e. The van der Waals surface area contributed by atoms with Crippen molar-refractivity contribution in [3.63, 3.8) is 0 Å². The van der Waals surface area contributed by atoms with E-state index >= 15 is 0 Å². The predicted octanol–water partition coefficient (Wildman–Crippen LogP) is 2.69. The third-order valence-corrected chi connectivity index (χ3v) is 3.50. The van der Waals surface area contributed by atoms with Gasteiger partial charge in [-0.2, -0.15) is 0 Å². The lowest BCUT2D eigenvalue weighted by Crippen LogP contribution is -2.42. The molecule has 0 saturated carbocycles. The minimum Gasteiger partial charge on any atom is -0.496 e. The first kappa shape index (κ1) is 15.5. The molecule has 0 aliphatic carbocycles. The average Bonchev–Trinajstić information content (AvgIpc) is 2.27. The maximum absolute atomic E-state index is 10.9. The normalized spacial score (nSPS) is 11.7. The van der Waals surface area contributed by atoms with Crippen LogP contribution in [-0.4, -0.2) is 35.7 Å². The molecular weight excluding hydrogens is 242 g/mol. The Morgan fingerprint density at radius 2 is 2.05 bits per heavy atom. The minimum absolute atomic E-state index is 0.124.